The summed E-state index contributed by atoms with van der Waals surface area (Å²) in [6, 6.07) is 9.40. The summed E-state index contributed by atoms with van der Waals surface area (Å²) in [5, 5.41) is 0.822. The molecule has 0 spiro atoms. The Morgan fingerprint density at radius 3 is 2.70 bits per heavy atom. The Morgan fingerprint density at radius 1 is 1.25 bits per heavy atom. The van der Waals surface area contributed by atoms with E-state index in [1.807, 2.05) is 36.2 Å². The lowest BCUT2D eigenvalue weighted by Gasteiger charge is -2.20. The minimum absolute atomic E-state index is 0.267. The van der Waals surface area contributed by atoms with Crippen molar-refractivity contribution >= 4 is 34.8 Å². The summed E-state index contributed by atoms with van der Waals surface area (Å²) < 4.78 is 5.20. The lowest BCUT2D eigenvalue weighted by atomic mass is 10.2. The van der Waals surface area contributed by atoms with E-state index in [1.54, 1.807) is 13.2 Å². The summed E-state index contributed by atoms with van der Waals surface area (Å²) in [6.07, 6.45) is 0. The molecule has 1 aromatic heterocycles. The van der Waals surface area contributed by atoms with Crippen LogP contribution >= 0.6 is 23.2 Å². The van der Waals surface area contributed by atoms with Crippen LogP contribution in [0.3, 0.4) is 0 Å². The number of rotatable bonds is 4. The molecule has 2 rings (SSSR count). The predicted octanol–water partition coefficient (Wildman–Crippen LogP) is 3.62. The second-order valence-corrected chi connectivity index (χ2v) is 5.18. The van der Waals surface area contributed by atoms with Gasteiger partial charge in [0.2, 0.25) is 0 Å². The molecule has 0 aliphatic rings. The molecule has 0 bridgehead atoms. The van der Waals surface area contributed by atoms with Crippen LogP contribution in [0.25, 0.3) is 0 Å². The van der Waals surface area contributed by atoms with Crippen LogP contribution in [0.2, 0.25) is 10.0 Å². The fourth-order valence-electron chi connectivity index (χ4n) is 1.86. The number of benzene rings is 1. The first-order valence-corrected chi connectivity index (χ1v) is 6.72. The maximum absolute atomic E-state index is 6.15. The Hall–Kier alpha value is -1.65. The molecule has 0 amide bonds. The summed E-state index contributed by atoms with van der Waals surface area (Å²) in [5.74, 6) is 1.67. The molecule has 2 N–H and O–H groups in total. The van der Waals surface area contributed by atoms with Crippen molar-refractivity contribution in [2.24, 2.45) is 0 Å². The van der Waals surface area contributed by atoms with Crippen molar-refractivity contribution in [3.63, 3.8) is 0 Å². The highest BCUT2D eigenvalue weighted by atomic mass is 35.5. The smallest absolute Gasteiger partial charge is 0.149 e. The predicted molar refractivity (Wildman–Crippen MR) is 83.8 cm³/mol. The topological polar surface area (TPSA) is 51.4 Å². The minimum atomic E-state index is 0.267. The molecule has 2 aromatic rings. The van der Waals surface area contributed by atoms with E-state index in [-0.39, 0.29) is 5.82 Å². The van der Waals surface area contributed by atoms with Gasteiger partial charge >= 0.3 is 0 Å². The van der Waals surface area contributed by atoms with E-state index in [1.165, 1.54) is 0 Å². The van der Waals surface area contributed by atoms with E-state index in [9.17, 15) is 0 Å². The van der Waals surface area contributed by atoms with Crippen LogP contribution in [0, 0.1) is 0 Å². The number of aromatic nitrogens is 1. The van der Waals surface area contributed by atoms with Gasteiger partial charge in [-0.3, -0.25) is 0 Å². The van der Waals surface area contributed by atoms with Crippen LogP contribution in [-0.4, -0.2) is 19.1 Å². The van der Waals surface area contributed by atoms with E-state index in [4.69, 9.17) is 33.7 Å². The van der Waals surface area contributed by atoms with Gasteiger partial charge in [-0.05, 0) is 23.8 Å². The summed E-state index contributed by atoms with van der Waals surface area (Å²) in [7, 11) is 3.53. The van der Waals surface area contributed by atoms with Crippen molar-refractivity contribution in [3.8, 4) is 5.75 Å². The molecule has 0 saturated carbocycles. The molecule has 6 heteroatoms. The lowest BCUT2D eigenvalue weighted by Crippen LogP contribution is -2.18. The quantitative estimate of drug-likeness (QED) is 0.937. The number of pyridine rings is 1. The van der Waals surface area contributed by atoms with Crippen LogP contribution in [-0.2, 0) is 6.54 Å². The molecular weight excluding hydrogens is 297 g/mol. The van der Waals surface area contributed by atoms with Crippen molar-refractivity contribution in [1.29, 1.82) is 0 Å². The Balaban J connectivity index is 2.23. The highest BCUT2D eigenvalue weighted by Crippen LogP contribution is 2.30. The Kier molecular flexibility index (Phi) is 4.57. The summed E-state index contributed by atoms with van der Waals surface area (Å²) >= 11 is 12.0. The Labute approximate surface area is 128 Å². The van der Waals surface area contributed by atoms with Crippen LogP contribution in [0.4, 0.5) is 11.6 Å². The van der Waals surface area contributed by atoms with Crippen molar-refractivity contribution in [2.45, 2.75) is 6.54 Å². The van der Waals surface area contributed by atoms with Crippen LogP contribution in [0.15, 0.2) is 30.3 Å². The van der Waals surface area contributed by atoms with E-state index < -0.39 is 0 Å². The van der Waals surface area contributed by atoms with E-state index in [0.717, 1.165) is 11.3 Å². The summed E-state index contributed by atoms with van der Waals surface area (Å²) in [4.78, 5) is 6.13. The van der Waals surface area contributed by atoms with Crippen molar-refractivity contribution < 1.29 is 4.74 Å². The lowest BCUT2D eigenvalue weighted by molar-refractivity contribution is 0.414. The Morgan fingerprint density at radius 2 is 2.00 bits per heavy atom. The molecule has 1 heterocycles. The number of ether oxygens (including phenoxy) is 1. The number of nitrogen functional groups attached to an aromatic ring is 1. The van der Waals surface area contributed by atoms with Crippen molar-refractivity contribution in [3.05, 3.63) is 45.9 Å². The largest absolute Gasteiger partial charge is 0.497 e. The maximum Gasteiger partial charge on any atom is 0.149 e. The van der Waals surface area contributed by atoms with Gasteiger partial charge in [0.1, 0.15) is 17.4 Å². The highest BCUT2D eigenvalue weighted by Gasteiger charge is 2.12. The van der Waals surface area contributed by atoms with Gasteiger partial charge in [-0.1, -0.05) is 35.3 Å². The van der Waals surface area contributed by atoms with Crippen LogP contribution in [0.1, 0.15) is 5.56 Å². The molecule has 0 saturated heterocycles. The van der Waals surface area contributed by atoms with E-state index >= 15 is 0 Å². The molecule has 20 heavy (non-hydrogen) atoms. The van der Waals surface area contributed by atoms with Gasteiger partial charge in [-0.2, -0.15) is 0 Å². The minimum Gasteiger partial charge on any atom is -0.497 e. The average molecular weight is 312 g/mol. The molecule has 0 unspecified atom stereocenters. The Bertz CT molecular complexity index is 619. The number of hydrogen-bond acceptors (Lipinski definition) is 4. The number of halogens is 2. The zero-order chi connectivity index (χ0) is 14.7. The molecule has 0 atom stereocenters. The van der Waals surface area contributed by atoms with Crippen molar-refractivity contribution in [2.75, 3.05) is 24.8 Å². The number of anilines is 2. The number of hydrogen-bond donors (Lipinski definition) is 1. The normalized spacial score (nSPS) is 10.4. The SMILES string of the molecule is COc1cccc(CN(C)c2nc(N)c(Cl)cc2Cl)c1. The fraction of sp³-hybridized carbons (Fsp3) is 0.214. The van der Waals surface area contributed by atoms with Gasteiger partial charge in [-0.15, -0.1) is 0 Å². The zero-order valence-electron chi connectivity index (χ0n) is 11.2. The molecule has 0 aliphatic heterocycles. The third-order valence-corrected chi connectivity index (χ3v) is 3.43. The molecule has 0 fully saturated rings. The number of nitrogens with two attached hydrogens (primary N) is 1. The average Bonchev–Trinajstić information content (AvgIpc) is 2.43. The van der Waals surface area contributed by atoms with Gasteiger partial charge in [0, 0.05) is 13.6 Å². The first-order valence-electron chi connectivity index (χ1n) is 5.97. The van der Waals surface area contributed by atoms with Crippen LogP contribution in [0.5, 0.6) is 5.75 Å². The van der Waals surface area contributed by atoms with Crippen LogP contribution < -0.4 is 15.4 Å². The first-order chi connectivity index (χ1) is 9.51. The van der Waals surface area contributed by atoms with Gasteiger partial charge < -0.3 is 15.4 Å². The van der Waals surface area contributed by atoms with E-state index in [2.05, 4.69) is 4.98 Å². The van der Waals surface area contributed by atoms with Gasteiger partial charge in [0.25, 0.3) is 0 Å². The molecule has 0 radical (unpaired) electrons. The first kappa shape index (κ1) is 14.8. The third-order valence-electron chi connectivity index (χ3n) is 2.85. The van der Waals surface area contributed by atoms with Gasteiger partial charge in [0.15, 0.2) is 0 Å². The monoisotopic (exact) mass is 311 g/mol. The van der Waals surface area contributed by atoms with Crippen molar-refractivity contribution in [1.82, 2.24) is 4.98 Å². The van der Waals surface area contributed by atoms with E-state index in [0.29, 0.717) is 22.4 Å². The molecular formula is C14H15Cl2N3O. The zero-order valence-corrected chi connectivity index (χ0v) is 12.7. The number of nitrogens with zero attached hydrogens (tertiary/aromatic N) is 2. The summed E-state index contributed by atoms with van der Waals surface area (Å²) in [5.41, 5.74) is 6.80. The fourth-order valence-corrected chi connectivity index (χ4v) is 2.36. The highest BCUT2D eigenvalue weighted by molar-refractivity contribution is 6.37. The standard InChI is InChI=1S/C14H15Cl2N3O/c1-19(8-9-4-3-5-10(6-9)20-2)14-12(16)7-11(15)13(17)18-14/h3-7H,8H2,1-2H3,(H2,17,18). The number of methoxy groups -OCH3 is 1. The molecule has 1 aromatic carbocycles. The van der Waals surface area contributed by atoms with Gasteiger partial charge in [0.05, 0.1) is 17.2 Å². The second kappa shape index (κ2) is 6.20. The second-order valence-electron chi connectivity index (χ2n) is 4.37. The van der Waals surface area contributed by atoms with Gasteiger partial charge in [-0.25, -0.2) is 4.98 Å². The maximum atomic E-state index is 6.15. The molecule has 106 valence electrons. The molecule has 0 aliphatic carbocycles. The third kappa shape index (κ3) is 3.26. The summed E-state index contributed by atoms with van der Waals surface area (Å²) in [6.45, 7) is 0.630. The molecule has 4 nitrogen and oxygen atoms in total.